The highest BCUT2D eigenvalue weighted by Crippen LogP contribution is 2.13. The number of carbonyl (C=O) groups excluding carboxylic acids is 2. The number of amides is 3. The van der Waals surface area contributed by atoms with E-state index in [-0.39, 0.29) is 11.8 Å². The van der Waals surface area contributed by atoms with E-state index in [1.54, 1.807) is 0 Å². The third-order valence-corrected chi connectivity index (χ3v) is 2.58. The molecule has 0 aliphatic rings. The molecule has 0 aliphatic heterocycles. The number of carbonyl (C=O) groups is 4. The first kappa shape index (κ1) is 25.7. The van der Waals surface area contributed by atoms with Crippen molar-refractivity contribution in [3.63, 3.8) is 0 Å². The summed E-state index contributed by atoms with van der Waals surface area (Å²) in [4.78, 5) is 41.8. The van der Waals surface area contributed by atoms with Gasteiger partial charge in [0.15, 0.2) is 0 Å². The summed E-state index contributed by atoms with van der Waals surface area (Å²) in [5.41, 5.74) is 5.28. The van der Waals surface area contributed by atoms with Gasteiger partial charge in [0.1, 0.15) is 6.04 Å². The summed E-state index contributed by atoms with van der Waals surface area (Å²) in [7, 11) is 0. The van der Waals surface area contributed by atoms with E-state index in [4.69, 9.17) is 20.7 Å². The van der Waals surface area contributed by atoms with Crippen LogP contribution in [0.25, 0.3) is 0 Å². The first-order valence-electron chi connectivity index (χ1n) is 7.43. The maximum absolute atomic E-state index is 11.7. The molecule has 0 rings (SSSR count). The van der Waals surface area contributed by atoms with Crippen molar-refractivity contribution in [2.24, 2.45) is 5.73 Å². The van der Waals surface area contributed by atoms with Crippen molar-refractivity contribution in [2.75, 3.05) is 19.6 Å². The maximum atomic E-state index is 11.7. The molecule has 0 aliphatic carbocycles. The summed E-state index contributed by atoms with van der Waals surface area (Å²) in [5.74, 6) is -3.31. The molecule has 1 atom stereocenters. The molecule has 0 saturated carbocycles. The molecule has 0 aromatic heterocycles. The van der Waals surface area contributed by atoms with Crippen LogP contribution in [0.1, 0.15) is 26.2 Å². The smallest absolute Gasteiger partial charge is 0.475 e. The molecule has 26 heavy (non-hydrogen) atoms. The van der Waals surface area contributed by atoms with E-state index in [0.29, 0.717) is 38.9 Å². The molecule has 152 valence electrons. The Balaban J connectivity index is 0. The fourth-order valence-corrected chi connectivity index (χ4v) is 1.50. The molecule has 0 spiro atoms. The van der Waals surface area contributed by atoms with Crippen molar-refractivity contribution < 1.29 is 42.6 Å². The van der Waals surface area contributed by atoms with Gasteiger partial charge in [0.05, 0.1) is 0 Å². The topological polar surface area (TPSA) is 171 Å². The lowest BCUT2D eigenvalue weighted by molar-refractivity contribution is -0.192. The average Bonchev–Trinajstić information content (AvgIpc) is 2.50. The molecule has 13 heteroatoms. The largest absolute Gasteiger partial charge is 0.490 e. The Kier molecular flexibility index (Phi) is 13.5. The van der Waals surface area contributed by atoms with Crippen molar-refractivity contribution in [3.8, 4) is 0 Å². The Morgan fingerprint density at radius 2 is 1.58 bits per heavy atom. The number of carboxylic acid groups (broad SMARTS) is 2. The zero-order chi connectivity index (χ0) is 20.8. The summed E-state index contributed by atoms with van der Waals surface area (Å²) in [6.07, 6.45) is -4.47. The van der Waals surface area contributed by atoms with Gasteiger partial charge in [0, 0.05) is 26.6 Å². The molecule has 0 aromatic carbocycles. The van der Waals surface area contributed by atoms with Crippen molar-refractivity contribution in [1.82, 2.24) is 16.0 Å². The van der Waals surface area contributed by atoms with Gasteiger partial charge in [0.2, 0.25) is 11.8 Å². The molecule has 7 N–H and O–H groups in total. The van der Waals surface area contributed by atoms with Crippen LogP contribution in [0.3, 0.4) is 0 Å². The van der Waals surface area contributed by atoms with Gasteiger partial charge in [-0.1, -0.05) is 0 Å². The third-order valence-electron chi connectivity index (χ3n) is 2.58. The number of hydrogen-bond donors (Lipinski definition) is 6. The summed E-state index contributed by atoms with van der Waals surface area (Å²) in [5, 5.41) is 22.9. The van der Waals surface area contributed by atoms with Crippen molar-refractivity contribution in [3.05, 3.63) is 0 Å². The van der Waals surface area contributed by atoms with Gasteiger partial charge < -0.3 is 31.9 Å². The molecular weight excluding hydrogens is 365 g/mol. The second-order valence-electron chi connectivity index (χ2n) is 4.86. The number of nitrogens with two attached hydrogens (primary N) is 1. The molecule has 10 nitrogen and oxygen atoms in total. The molecule has 1 unspecified atom stereocenters. The number of aliphatic carboxylic acids is 1. The van der Waals surface area contributed by atoms with E-state index in [0.717, 1.165) is 0 Å². The second-order valence-corrected chi connectivity index (χ2v) is 4.86. The highest BCUT2D eigenvalue weighted by molar-refractivity contribution is 5.86. The minimum atomic E-state index is -5.08. The highest BCUT2D eigenvalue weighted by atomic mass is 19.4. The SMILES string of the molecule is CC(=O)NC(CCCCNC(=O)O)C(=O)NCCN.O=C(O)C(F)(F)F. The van der Waals surface area contributed by atoms with Crippen molar-refractivity contribution in [1.29, 1.82) is 0 Å². The average molecular weight is 388 g/mol. The van der Waals surface area contributed by atoms with Gasteiger partial charge in [-0.05, 0) is 19.3 Å². The number of carboxylic acids is 1. The molecular formula is C13H23F3N4O6. The molecule has 0 bridgehead atoms. The maximum Gasteiger partial charge on any atom is 0.490 e. The molecule has 3 amide bonds. The quantitative estimate of drug-likeness (QED) is 0.293. The van der Waals surface area contributed by atoms with Gasteiger partial charge in [-0.2, -0.15) is 13.2 Å². The lowest BCUT2D eigenvalue weighted by Gasteiger charge is -2.17. The molecule has 0 aromatic rings. The molecule has 0 radical (unpaired) electrons. The van der Waals surface area contributed by atoms with E-state index in [1.165, 1.54) is 6.92 Å². The summed E-state index contributed by atoms with van der Waals surface area (Å²) in [6, 6.07) is -0.603. The highest BCUT2D eigenvalue weighted by Gasteiger charge is 2.38. The summed E-state index contributed by atoms with van der Waals surface area (Å²) < 4.78 is 31.7. The number of hydrogen-bond acceptors (Lipinski definition) is 5. The third kappa shape index (κ3) is 16.3. The predicted molar refractivity (Wildman–Crippen MR) is 83.2 cm³/mol. The molecule has 0 fully saturated rings. The van der Waals surface area contributed by atoms with Crippen molar-refractivity contribution in [2.45, 2.75) is 38.4 Å². The first-order chi connectivity index (χ1) is 11.9. The monoisotopic (exact) mass is 388 g/mol. The predicted octanol–water partition coefficient (Wildman–Crippen LogP) is -0.363. The van der Waals surface area contributed by atoms with Crippen LogP contribution in [-0.4, -0.2) is 65.9 Å². The second kappa shape index (κ2) is 13.7. The number of unbranched alkanes of at least 4 members (excludes halogenated alkanes) is 1. The number of rotatable bonds is 9. The first-order valence-corrected chi connectivity index (χ1v) is 7.43. The Morgan fingerprint density at radius 1 is 1.04 bits per heavy atom. The standard InChI is InChI=1S/C11H22N4O4.C2HF3O2/c1-8(16)15-9(10(17)13-7-5-12)4-2-3-6-14-11(18)19;3-2(4,5)1(6)7/h9,14H,2-7,12H2,1H3,(H,13,17)(H,15,16)(H,18,19);(H,6,7). The van der Waals surface area contributed by atoms with Gasteiger partial charge in [-0.25, -0.2) is 9.59 Å². The lowest BCUT2D eigenvalue weighted by Crippen LogP contribution is -2.47. The van der Waals surface area contributed by atoms with E-state index in [2.05, 4.69) is 16.0 Å². The van der Waals surface area contributed by atoms with Crippen LogP contribution in [0.15, 0.2) is 0 Å². The van der Waals surface area contributed by atoms with Crippen LogP contribution < -0.4 is 21.7 Å². The number of alkyl halides is 3. The fourth-order valence-electron chi connectivity index (χ4n) is 1.50. The summed E-state index contributed by atoms with van der Waals surface area (Å²) in [6.45, 7) is 2.36. The van der Waals surface area contributed by atoms with Crippen LogP contribution in [0.5, 0.6) is 0 Å². The van der Waals surface area contributed by atoms with E-state index in [9.17, 15) is 27.6 Å². The van der Waals surface area contributed by atoms with Crippen LogP contribution in [0, 0.1) is 0 Å². The van der Waals surface area contributed by atoms with Gasteiger partial charge in [0.25, 0.3) is 0 Å². The Labute approximate surface area is 147 Å². The Bertz CT molecular complexity index is 473. The normalized spacial score (nSPS) is 11.4. The van der Waals surface area contributed by atoms with E-state index >= 15 is 0 Å². The minimum absolute atomic E-state index is 0.271. The zero-order valence-corrected chi connectivity index (χ0v) is 14.1. The lowest BCUT2D eigenvalue weighted by atomic mass is 10.1. The number of halogens is 3. The van der Waals surface area contributed by atoms with Gasteiger partial charge in [-0.3, -0.25) is 9.59 Å². The fraction of sp³-hybridized carbons (Fsp3) is 0.692. The van der Waals surface area contributed by atoms with Gasteiger partial charge >= 0.3 is 18.2 Å². The molecule has 0 heterocycles. The zero-order valence-electron chi connectivity index (χ0n) is 14.1. The molecule has 0 saturated heterocycles. The minimum Gasteiger partial charge on any atom is -0.475 e. The van der Waals surface area contributed by atoms with Crippen LogP contribution in [0.2, 0.25) is 0 Å². The van der Waals surface area contributed by atoms with Crippen LogP contribution >= 0.6 is 0 Å². The Morgan fingerprint density at radius 3 is 1.96 bits per heavy atom. The van der Waals surface area contributed by atoms with Crippen LogP contribution in [0.4, 0.5) is 18.0 Å². The van der Waals surface area contributed by atoms with E-state index in [1.807, 2.05) is 0 Å². The van der Waals surface area contributed by atoms with E-state index < -0.39 is 24.3 Å². The number of nitrogens with one attached hydrogen (secondary N) is 3. The van der Waals surface area contributed by atoms with Crippen molar-refractivity contribution >= 4 is 23.9 Å². The van der Waals surface area contributed by atoms with Gasteiger partial charge in [-0.15, -0.1) is 0 Å². The summed E-state index contributed by atoms with van der Waals surface area (Å²) >= 11 is 0. The Hall–Kier alpha value is -2.57. The van der Waals surface area contributed by atoms with Crippen LogP contribution in [-0.2, 0) is 14.4 Å².